The average Bonchev–Trinajstić information content (AvgIpc) is 2.48. The molecule has 4 heteroatoms. The quantitative estimate of drug-likeness (QED) is 0.903. The molecule has 0 aliphatic carbocycles. The summed E-state index contributed by atoms with van der Waals surface area (Å²) >= 11 is 6.13. The van der Waals surface area contributed by atoms with Crippen molar-refractivity contribution in [1.29, 1.82) is 0 Å². The molecule has 1 N–H and O–H groups in total. The van der Waals surface area contributed by atoms with Crippen LogP contribution in [0.25, 0.3) is 0 Å². The van der Waals surface area contributed by atoms with Gasteiger partial charge in [0.25, 0.3) is 0 Å². The van der Waals surface area contributed by atoms with Gasteiger partial charge in [0.1, 0.15) is 11.6 Å². The number of hydrogen-bond donors (Lipinski definition) is 1. The fourth-order valence-corrected chi connectivity index (χ4v) is 2.77. The van der Waals surface area contributed by atoms with E-state index >= 15 is 0 Å². The zero-order valence-electron chi connectivity index (χ0n) is 12.6. The lowest BCUT2D eigenvalue weighted by Gasteiger charge is -2.23. The summed E-state index contributed by atoms with van der Waals surface area (Å²) in [7, 11) is 3.46. The highest BCUT2D eigenvalue weighted by Crippen LogP contribution is 2.36. The highest BCUT2D eigenvalue weighted by Gasteiger charge is 2.22. The first-order valence-corrected chi connectivity index (χ1v) is 7.14. The van der Waals surface area contributed by atoms with Crippen molar-refractivity contribution in [3.63, 3.8) is 0 Å². The van der Waals surface area contributed by atoms with Crippen LogP contribution in [0.2, 0.25) is 5.02 Å². The summed E-state index contributed by atoms with van der Waals surface area (Å²) in [5.41, 5.74) is 3.86. The minimum atomic E-state index is -0.419. The predicted molar refractivity (Wildman–Crippen MR) is 84.8 cm³/mol. The van der Waals surface area contributed by atoms with E-state index in [9.17, 15) is 4.39 Å². The van der Waals surface area contributed by atoms with E-state index in [4.69, 9.17) is 16.3 Å². The summed E-state index contributed by atoms with van der Waals surface area (Å²) in [5, 5.41) is 3.33. The molecule has 2 rings (SSSR count). The van der Waals surface area contributed by atoms with E-state index < -0.39 is 5.82 Å². The van der Waals surface area contributed by atoms with Gasteiger partial charge in [-0.05, 0) is 43.7 Å². The minimum Gasteiger partial charge on any atom is -0.496 e. The lowest BCUT2D eigenvalue weighted by atomic mass is 9.94. The Morgan fingerprint density at radius 1 is 1.14 bits per heavy atom. The van der Waals surface area contributed by atoms with Gasteiger partial charge in [0.05, 0.1) is 18.2 Å². The second-order valence-corrected chi connectivity index (χ2v) is 5.37. The largest absolute Gasteiger partial charge is 0.496 e. The molecule has 0 aliphatic heterocycles. The molecule has 0 saturated heterocycles. The first-order valence-electron chi connectivity index (χ1n) is 6.76. The van der Waals surface area contributed by atoms with Crippen molar-refractivity contribution in [3.05, 3.63) is 63.4 Å². The molecule has 2 nitrogen and oxygen atoms in total. The van der Waals surface area contributed by atoms with Crippen molar-refractivity contribution < 1.29 is 9.13 Å². The van der Waals surface area contributed by atoms with Crippen LogP contribution in [-0.2, 0) is 0 Å². The topological polar surface area (TPSA) is 21.3 Å². The van der Waals surface area contributed by atoms with Gasteiger partial charge in [0, 0.05) is 5.56 Å². The first-order chi connectivity index (χ1) is 10.0. The molecule has 112 valence electrons. The Labute approximate surface area is 129 Å². The van der Waals surface area contributed by atoms with Gasteiger partial charge < -0.3 is 10.1 Å². The fraction of sp³-hybridized carbons (Fsp3) is 0.294. The van der Waals surface area contributed by atoms with E-state index in [1.165, 1.54) is 6.07 Å². The van der Waals surface area contributed by atoms with Crippen molar-refractivity contribution >= 4 is 11.6 Å². The highest BCUT2D eigenvalue weighted by atomic mass is 35.5. The zero-order valence-corrected chi connectivity index (χ0v) is 13.4. The molecule has 0 saturated carbocycles. The number of aryl methyl sites for hydroxylation is 1. The lowest BCUT2D eigenvalue weighted by molar-refractivity contribution is 0.402. The van der Waals surface area contributed by atoms with Gasteiger partial charge in [-0.1, -0.05) is 35.9 Å². The van der Waals surface area contributed by atoms with Crippen LogP contribution in [0.15, 0.2) is 30.3 Å². The molecule has 0 fully saturated rings. The molecular formula is C17H19ClFNO. The second kappa shape index (κ2) is 6.46. The van der Waals surface area contributed by atoms with Crippen molar-refractivity contribution in [1.82, 2.24) is 5.32 Å². The molecule has 1 unspecified atom stereocenters. The Balaban J connectivity index is 2.62. The van der Waals surface area contributed by atoms with Crippen LogP contribution >= 0.6 is 11.6 Å². The van der Waals surface area contributed by atoms with Crippen LogP contribution < -0.4 is 10.1 Å². The summed E-state index contributed by atoms with van der Waals surface area (Å²) < 4.78 is 19.3. The Hall–Kier alpha value is -1.58. The van der Waals surface area contributed by atoms with E-state index in [1.807, 2.05) is 39.1 Å². The summed E-state index contributed by atoms with van der Waals surface area (Å²) in [6.45, 7) is 4.04. The molecule has 0 radical (unpaired) electrons. The predicted octanol–water partition coefficient (Wildman–Crippen LogP) is 4.41. The summed E-state index contributed by atoms with van der Waals surface area (Å²) in [5.74, 6) is 0.381. The normalized spacial score (nSPS) is 12.3. The number of methoxy groups -OCH3 is 1. The number of hydrogen-bond acceptors (Lipinski definition) is 2. The SMILES string of the molecule is CNC(c1cccc(F)c1Cl)c1ccc(C)c(C)c1OC. The molecule has 0 bridgehead atoms. The van der Waals surface area contributed by atoms with Crippen molar-refractivity contribution in [2.45, 2.75) is 19.9 Å². The monoisotopic (exact) mass is 307 g/mol. The molecule has 0 aromatic heterocycles. The summed E-state index contributed by atoms with van der Waals surface area (Å²) in [6.07, 6.45) is 0. The Kier molecular flexibility index (Phi) is 4.86. The number of rotatable bonds is 4. The van der Waals surface area contributed by atoms with Crippen LogP contribution in [0.4, 0.5) is 4.39 Å². The van der Waals surface area contributed by atoms with Gasteiger partial charge >= 0.3 is 0 Å². The zero-order chi connectivity index (χ0) is 15.6. The van der Waals surface area contributed by atoms with Gasteiger partial charge in [-0.15, -0.1) is 0 Å². The van der Waals surface area contributed by atoms with Crippen LogP contribution in [-0.4, -0.2) is 14.2 Å². The van der Waals surface area contributed by atoms with Gasteiger partial charge in [-0.25, -0.2) is 4.39 Å². The van der Waals surface area contributed by atoms with E-state index in [-0.39, 0.29) is 11.1 Å². The van der Waals surface area contributed by atoms with Crippen molar-refractivity contribution in [2.75, 3.05) is 14.2 Å². The Bertz CT molecular complexity index is 657. The fourth-order valence-electron chi connectivity index (χ4n) is 2.53. The maximum atomic E-state index is 13.7. The molecule has 0 aliphatic rings. The highest BCUT2D eigenvalue weighted by molar-refractivity contribution is 6.31. The summed E-state index contributed by atoms with van der Waals surface area (Å²) in [4.78, 5) is 0. The molecular weight excluding hydrogens is 289 g/mol. The number of nitrogens with one attached hydrogen (secondary N) is 1. The van der Waals surface area contributed by atoms with Gasteiger partial charge in [0.2, 0.25) is 0 Å². The maximum absolute atomic E-state index is 13.7. The van der Waals surface area contributed by atoms with E-state index in [0.717, 1.165) is 22.4 Å². The van der Waals surface area contributed by atoms with Crippen molar-refractivity contribution in [2.24, 2.45) is 0 Å². The molecule has 0 amide bonds. The van der Waals surface area contributed by atoms with E-state index in [2.05, 4.69) is 5.32 Å². The van der Waals surface area contributed by atoms with Gasteiger partial charge in [0.15, 0.2) is 0 Å². The minimum absolute atomic E-state index is 0.136. The molecule has 0 heterocycles. The van der Waals surface area contributed by atoms with Crippen LogP contribution in [0, 0.1) is 19.7 Å². The third-order valence-electron chi connectivity index (χ3n) is 3.80. The first kappa shape index (κ1) is 15.8. The third kappa shape index (κ3) is 2.89. The molecule has 0 spiro atoms. The van der Waals surface area contributed by atoms with E-state index in [1.54, 1.807) is 13.2 Å². The molecule has 2 aromatic rings. The molecule has 21 heavy (non-hydrogen) atoms. The average molecular weight is 308 g/mol. The number of benzene rings is 2. The standard InChI is InChI=1S/C17H19ClFNO/c1-10-8-9-13(17(21-4)11(10)2)16(20-3)12-6-5-7-14(19)15(12)18/h5-9,16,20H,1-4H3. The Morgan fingerprint density at radius 3 is 2.48 bits per heavy atom. The lowest BCUT2D eigenvalue weighted by Crippen LogP contribution is -2.19. The van der Waals surface area contributed by atoms with Gasteiger partial charge in [-0.2, -0.15) is 0 Å². The third-order valence-corrected chi connectivity index (χ3v) is 4.20. The van der Waals surface area contributed by atoms with Gasteiger partial charge in [-0.3, -0.25) is 0 Å². The molecule has 1 atom stereocenters. The smallest absolute Gasteiger partial charge is 0.142 e. The number of halogens is 2. The van der Waals surface area contributed by atoms with E-state index in [0.29, 0.717) is 5.56 Å². The number of ether oxygens (including phenoxy) is 1. The summed E-state index contributed by atoms with van der Waals surface area (Å²) in [6, 6.07) is 8.63. The van der Waals surface area contributed by atoms with Crippen LogP contribution in [0.3, 0.4) is 0 Å². The maximum Gasteiger partial charge on any atom is 0.142 e. The van der Waals surface area contributed by atoms with Crippen LogP contribution in [0.1, 0.15) is 28.3 Å². The van der Waals surface area contributed by atoms with Crippen LogP contribution in [0.5, 0.6) is 5.75 Å². The molecule has 2 aromatic carbocycles. The Morgan fingerprint density at radius 2 is 1.86 bits per heavy atom. The van der Waals surface area contributed by atoms with Crippen molar-refractivity contribution in [3.8, 4) is 5.75 Å². The second-order valence-electron chi connectivity index (χ2n) is 4.99.